The van der Waals surface area contributed by atoms with Gasteiger partial charge in [-0.05, 0) is 24.5 Å². The molecule has 4 nitrogen and oxygen atoms in total. The Kier molecular flexibility index (Phi) is 6.99. The van der Waals surface area contributed by atoms with E-state index in [1.807, 2.05) is 0 Å². The van der Waals surface area contributed by atoms with Gasteiger partial charge >= 0.3 is 0 Å². The summed E-state index contributed by atoms with van der Waals surface area (Å²) in [4.78, 5) is 13.8. The van der Waals surface area contributed by atoms with Crippen molar-refractivity contribution in [3.63, 3.8) is 0 Å². The first kappa shape index (κ1) is 17.0. The van der Waals surface area contributed by atoms with Crippen LogP contribution in [0, 0.1) is 0 Å². The maximum atomic E-state index is 11.4. The molecular weight excluding hydrogens is 274 g/mol. The van der Waals surface area contributed by atoms with Crippen molar-refractivity contribution in [2.75, 3.05) is 19.6 Å². The van der Waals surface area contributed by atoms with Gasteiger partial charge in [0.15, 0.2) is 0 Å². The van der Waals surface area contributed by atoms with E-state index in [0.29, 0.717) is 25.6 Å². The van der Waals surface area contributed by atoms with E-state index in [2.05, 4.69) is 41.4 Å². The molecule has 0 bridgehead atoms. The second-order valence-electron chi connectivity index (χ2n) is 5.18. The minimum absolute atomic E-state index is 0. The number of nitrogens with zero attached hydrogens (tertiary/aromatic N) is 1. The second kappa shape index (κ2) is 8.25. The van der Waals surface area contributed by atoms with Gasteiger partial charge < -0.3 is 11.1 Å². The third-order valence-corrected chi connectivity index (χ3v) is 3.75. The van der Waals surface area contributed by atoms with Crippen molar-refractivity contribution in [1.82, 2.24) is 10.2 Å². The summed E-state index contributed by atoms with van der Waals surface area (Å²) in [6, 6.07) is 8.96. The highest BCUT2D eigenvalue weighted by molar-refractivity contribution is 5.85. The molecule has 1 aromatic carbocycles. The zero-order chi connectivity index (χ0) is 13.7. The van der Waals surface area contributed by atoms with Crippen molar-refractivity contribution < 1.29 is 4.79 Å². The molecule has 0 aliphatic carbocycles. The van der Waals surface area contributed by atoms with E-state index >= 15 is 0 Å². The number of amides is 1. The van der Waals surface area contributed by atoms with Crippen LogP contribution in [0.5, 0.6) is 0 Å². The Morgan fingerprint density at radius 2 is 2.10 bits per heavy atom. The number of hydrogen-bond acceptors (Lipinski definition) is 3. The van der Waals surface area contributed by atoms with Gasteiger partial charge in [0.2, 0.25) is 5.91 Å². The van der Waals surface area contributed by atoms with E-state index in [9.17, 15) is 4.79 Å². The summed E-state index contributed by atoms with van der Waals surface area (Å²) in [6.45, 7) is 5.31. The molecule has 0 fully saturated rings. The lowest BCUT2D eigenvalue weighted by Gasteiger charge is -2.33. The minimum atomic E-state index is 0. The topological polar surface area (TPSA) is 58.4 Å². The molecule has 1 aliphatic rings. The van der Waals surface area contributed by atoms with Gasteiger partial charge in [0.1, 0.15) is 0 Å². The normalized spacial score (nSPS) is 15.9. The molecule has 1 aromatic rings. The largest absolute Gasteiger partial charge is 0.355 e. The van der Waals surface area contributed by atoms with E-state index in [1.54, 1.807) is 0 Å². The SMILES string of the molecule is CC(CNC(=O)CCN)N1CCc2ccccc2C1.Cl. The van der Waals surface area contributed by atoms with Gasteiger partial charge in [-0.25, -0.2) is 0 Å². The molecule has 0 radical (unpaired) electrons. The average molecular weight is 298 g/mol. The van der Waals surface area contributed by atoms with Gasteiger partial charge in [0, 0.05) is 38.6 Å². The van der Waals surface area contributed by atoms with Crippen molar-refractivity contribution in [3.8, 4) is 0 Å². The minimum Gasteiger partial charge on any atom is -0.355 e. The van der Waals surface area contributed by atoms with Gasteiger partial charge in [-0.15, -0.1) is 12.4 Å². The Morgan fingerprint density at radius 3 is 2.80 bits per heavy atom. The van der Waals surface area contributed by atoms with E-state index in [4.69, 9.17) is 5.73 Å². The lowest BCUT2D eigenvalue weighted by atomic mass is 9.99. The second-order valence-corrected chi connectivity index (χ2v) is 5.18. The Bertz CT molecular complexity index is 439. The number of halogens is 1. The molecule has 1 atom stereocenters. The quantitative estimate of drug-likeness (QED) is 0.862. The van der Waals surface area contributed by atoms with E-state index in [1.165, 1.54) is 11.1 Å². The van der Waals surface area contributed by atoms with E-state index in [0.717, 1.165) is 19.5 Å². The predicted molar refractivity (Wildman–Crippen MR) is 83.9 cm³/mol. The van der Waals surface area contributed by atoms with Crippen LogP contribution in [-0.2, 0) is 17.8 Å². The first-order valence-electron chi connectivity index (χ1n) is 6.98. The van der Waals surface area contributed by atoms with Crippen LogP contribution in [0.15, 0.2) is 24.3 Å². The Labute approximate surface area is 127 Å². The molecule has 20 heavy (non-hydrogen) atoms. The number of rotatable bonds is 5. The van der Waals surface area contributed by atoms with Crippen LogP contribution in [0.2, 0.25) is 0 Å². The number of benzene rings is 1. The summed E-state index contributed by atoms with van der Waals surface area (Å²) in [5, 5.41) is 2.94. The number of fused-ring (bicyclic) bond motifs is 1. The molecule has 2 rings (SSSR count). The molecule has 0 aromatic heterocycles. The van der Waals surface area contributed by atoms with Crippen LogP contribution in [0.3, 0.4) is 0 Å². The lowest BCUT2D eigenvalue weighted by molar-refractivity contribution is -0.121. The molecule has 1 unspecified atom stereocenters. The fraction of sp³-hybridized carbons (Fsp3) is 0.533. The van der Waals surface area contributed by atoms with E-state index in [-0.39, 0.29) is 18.3 Å². The van der Waals surface area contributed by atoms with Crippen molar-refractivity contribution in [1.29, 1.82) is 0 Å². The molecule has 5 heteroatoms. The number of carbonyl (C=O) groups excluding carboxylic acids is 1. The number of hydrogen-bond donors (Lipinski definition) is 2. The summed E-state index contributed by atoms with van der Waals surface area (Å²) in [5.41, 5.74) is 8.23. The highest BCUT2D eigenvalue weighted by atomic mass is 35.5. The summed E-state index contributed by atoms with van der Waals surface area (Å²) >= 11 is 0. The average Bonchev–Trinajstić information content (AvgIpc) is 2.44. The molecule has 1 aliphatic heterocycles. The maximum absolute atomic E-state index is 11.4. The van der Waals surface area contributed by atoms with Crippen LogP contribution in [-0.4, -0.2) is 36.5 Å². The van der Waals surface area contributed by atoms with Crippen LogP contribution in [0.25, 0.3) is 0 Å². The third-order valence-electron chi connectivity index (χ3n) is 3.75. The van der Waals surface area contributed by atoms with Gasteiger partial charge in [-0.1, -0.05) is 24.3 Å². The number of nitrogens with one attached hydrogen (secondary N) is 1. The van der Waals surface area contributed by atoms with E-state index < -0.39 is 0 Å². The van der Waals surface area contributed by atoms with Gasteiger partial charge in [0.05, 0.1) is 0 Å². The Morgan fingerprint density at radius 1 is 1.40 bits per heavy atom. The van der Waals surface area contributed by atoms with Crippen molar-refractivity contribution in [2.45, 2.75) is 32.4 Å². The molecule has 0 saturated carbocycles. The van der Waals surface area contributed by atoms with Gasteiger partial charge in [0.25, 0.3) is 0 Å². The Balaban J connectivity index is 0.00000200. The fourth-order valence-electron chi connectivity index (χ4n) is 2.50. The molecule has 0 spiro atoms. The highest BCUT2D eigenvalue weighted by Crippen LogP contribution is 2.19. The van der Waals surface area contributed by atoms with Crippen molar-refractivity contribution >= 4 is 18.3 Å². The van der Waals surface area contributed by atoms with Crippen LogP contribution in [0.4, 0.5) is 0 Å². The zero-order valence-electron chi connectivity index (χ0n) is 12.0. The van der Waals surface area contributed by atoms with Crippen molar-refractivity contribution in [3.05, 3.63) is 35.4 Å². The zero-order valence-corrected chi connectivity index (χ0v) is 12.8. The first-order chi connectivity index (χ1) is 9.20. The lowest BCUT2D eigenvalue weighted by Crippen LogP contribution is -2.44. The standard InChI is InChI=1S/C15H23N3O.ClH/c1-12(10-17-15(19)6-8-16)18-9-7-13-4-2-3-5-14(13)11-18;/h2-5,12H,6-11,16H2,1H3,(H,17,19);1H. The van der Waals surface area contributed by atoms with Gasteiger partial charge in [-0.2, -0.15) is 0 Å². The molecule has 0 saturated heterocycles. The Hall–Kier alpha value is -1.10. The van der Waals surface area contributed by atoms with Crippen LogP contribution < -0.4 is 11.1 Å². The van der Waals surface area contributed by atoms with Crippen molar-refractivity contribution in [2.24, 2.45) is 5.73 Å². The summed E-state index contributed by atoms with van der Waals surface area (Å²) in [7, 11) is 0. The number of nitrogens with two attached hydrogens (primary N) is 1. The summed E-state index contributed by atoms with van der Waals surface area (Å²) in [5.74, 6) is 0.0479. The highest BCUT2D eigenvalue weighted by Gasteiger charge is 2.20. The third kappa shape index (κ3) is 4.47. The maximum Gasteiger partial charge on any atom is 0.221 e. The smallest absolute Gasteiger partial charge is 0.221 e. The summed E-state index contributed by atoms with van der Waals surface area (Å²) < 4.78 is 0. The molecular formula is C15H24ClN3O. The molecule has 1 heterocycles. The van der Waals surface area contributed by atoms with Crippen LogP contribution in [0.1, 0.15) is 24.5 Å². The van der Waals surface area contributed by atoms with Gasteiger partial charge in [-0.3, -0.25) is 9.69 Å². The number of carbonyl (C=O) groups is 1. The molecule has 3 N–H and O–H groups in total. The fourth-order valence-corrected chi connectivity index (χ4v) is 2.50. The molecule has 1 amide bonds. The summed E-state index contributed by atoms with van der Waals surface area (Å²) in [6.07, 6.45) is 1.51. The molecule has 112 valence electrons. The predicted octanol–water partition coefficient (Wildman–Crippen LogP) is 1.32. The monoisotopic (exact) mass is 297 g/mol. The van der Waals surface area contributed by atoms with Crippen LogP contribution >= 0.6 is 12.4 Å². The first-order valence-corrected chi connectivity index (χ1v) is 6.98.